The Morgan fingerprint density at radius 3 is 2.40 bits per heavy atom. The molecule has 100 valence electrons. The fraction of sp³-hybridized carbons (Fsp3) is 0.111. The molecular formula is C18H16IN. The van der Waals surface area contributed by atoms with Gasteiger partial charge in [-0.05, 0) is 57.0 Å². The molecule has 0 aliphatic rings. The largest absolute Gasteiger partial charge is 0.324 e. The summed E-state index contributed by atoms with van der Waals surface area (Å²) in [5, 5.41) is 2.58. The van der Waals surface area contributed by atoms with E-state index in [-0.39, 0.29) is 6.04 Å². The van der Waals surface area contributed by atoms with Crippen molar-refractivity contribution in [3.8, 4) is 0 Å². The molecule has 0 aromatic heterocycles. The summed E-state index contributed by atoms with van der Waals surface area (Å²) in [6, 6.07) is 23.3. The average Bonchev–Trinajstić information content (AvgIpc) is 2.48. The van der Waals surface area contributed by atoms with Crippen molar-refractivity contribution in [3.63, 3.8) is 0 Å². The third kappa shape index (κ3) is 2.72. The molecule has 0 aliphatic carbocycles. The number of rotatable bonds is 3. The van der Waals surface area contributed by atoms with E-state index in [0.29, 0.717) is 0 Å². The molecule has 2 heteroatoms. The van der Waals surface area contributed by atoms with E-state index in [0.717, 1.165) is 6.42 Å². The molecule has 0 spiro atoms. The molecule has 0 bridgehead atoms. The van der Waals surface area contributed by atoms with Gasteiger partial charge in [-0.3, -0.25) is 0 Å². The highest BCUT2D eigenvalue weighted by Gasteiger charge is 2.11. The van der Waals surface area contributed by atoms with Gasteiger partial charge in [-0.1, -0.05) is 60.7 Å². The normalized spacial score (nSPS) is 12.5. The van der Waals surface area contributed by atoms with E-state index >= 15 is 0 Å². The Morgan fingerprint density at radius 1 is 0.850 bits per heavy atom. The number of benzene rings is 3. The maximum absolute atomic E-state index is 6.41. The first-order chi connectivity index (χ1) is 9.75. The predicted molar refractivity (Wildman–Crippen MR) is 93.7 cm³/mol. The molecule has 1 unspecified atom stereocenters. The van der Waals surface area contributed by atoms with E-state index < -0.39 is 0 Å². The van der Waals surface area contributed by atoms with Gasteiger partial charge in [0.15, 0.2) is 0 Å². The van der Waals surface area contributed by atoms with Crippen LogP contribution in [0.3, 0.4) is 0 Å². The molecule has 0 heterocycles. The molecule has 3 rings (SSSR count). The minimum Gasteiger partial charge on any atom is -0.324 e. The Bertz CT molecular complexity index is 731. The zero-order valence-corrected chi connectivity index (χ0v) is 13.2. The van der Waals surface area contributed by atoms with Gasteiger partial charge in [-0.15, -0.1) is 0 Å². The van der Waals surface area contributed by atoms with Crippen molar-refractivity contribution in [1.29, 1.82) is 0 Å². The van der Waals surface area contributed by atoms with Crippen LogP contribution >= 0.6 is 22.6 Å². The van der Waals surface area contributed by atoms with Crippen LogP contribution in [0.4, 0.5) is 0 Å². The Kier molecular flexibility index (Phi) is 4.03. The first-order valence-electron chi connectivity index (χ1n) is 6.72. The van der Waals surface area contributed by atoms with Gasteiger partial charge in [0.2, 0.25) is 0 Å². The number of halogens is 1. The van der Waals surface area contributed by atoms with E-state index in [1.807, 2.05) is 0 Å². The Labute approximate surface area is 133 Å². The van der Waals surface area contributed by atoms with Crippen LogP contribution in [-0.2, 0) is 6.42 Å². The fourth-order valence-corrected chi connectivity index (χ4v) is 3.38. The highest BCUT2D eigenvalue weighted by molar-refractivity contribution is 14.1. The second-order valence-electron chi connectivity index (χ2n) is 4.97. The van der Waals surface area contributed by atoms with Crippen LogP contribution in [0.2, 0.25) is 0 Å². The molecule has 0 radical (unpaired) electrons. The van der Waals surface area contributed by atoms with Gasteiger partial charge in [-0.2, -0.15) is 0 Å². The summed E-state index contributed by atoms with van der Waals surface area (Å²) in [7, 11) is 0. The van der Waals surface area contributed by atoms with Crippen LogP contribution in [0.1, 0.15) is 17.2 Å². The summed E-state index contributed by atoms with van der Waals surface area (Å²) in [4.78, 5) is 0. The Balaban J connectivity index is 1.96. The quantitative estimate of drug-likeness (QED) is 0.663. The highest BCUT2D eigenvalue weighted by atomic mass is 127. The van der Waals surface area contributed by atoms with Gasteiger partial charge in [-0.25, -0.2) is 0 Å². The summed E-state index contributed by atoms with van der Waals surface area (Å²) >= 11 is 2.36. The second kappa shape index (κ2) is 5.94. The molecule has 0 saturated heterocycles. The lowest BCUT2D eigenvalue weighted by atomic mass is 9.95. The van der Waals surface area contributed by atoms with Crippen molar-refractivity contribution < 1.29 is 0 Å². The molecule has 3 aromatic rings. The van der Waals surface area contributed by atoms with Crippen LogP contribution in [0.15, 0.2) is 66.7 Å². The summed E-state index contributed by atoms with van der Waals surface area (Å²) in [5.41, 5.74) is 8.95. The standard InChI is InChI=1S/C18H16IN/c19-17-11-4-3-10-16(17)18(20)12-14-8-5-7-13-6-1-2-9-15(13)14/h1-11,18H,12,20H2. The monoisotopic (exact) mass is 373 g/mol. The van der Waals surface area contributed by atoms with Crippen LogP contribution in [0.25, 0.3) is 10.8 Å². The molecule has 1 nitrogen and oxygen atoms in total. The Morgan fingerprint density at radius 2 is 1.55 bits per heavy atom. The molecule has 3 aromatic carbocycles. The summed E-state index contributed by atoms with van der Waals surface area (Å²) < 4.78 is 1.23. The van der Waals surface area contributed by atoms with Crippen molar-refractivity contribution in [3.05, 3.63) is 81.4 Å². The smallest absolute Gasteiger partial charge is 0.0346 e. The molecule has 2 N–H and O–H groups in total. The van der Waals surface area contributed by atoms with Crippen molar-refractivity contribution in [2.75, 3.05) is 0 Å². The zero-order valence-electron chi connectivity index (χ0n) is 11.1. The number of nitrogens with two attached hydrogens (primary N) is 1. The highest BCUT2D eigenvalue weighted by Crippen LogP contribution is 2.25. The minimum absolute atomic E-state index is 0.0360. The van der Waals surface area contributed by atoms with Gasteiger partial charge in [0.25, 0.3) is 0 Å². The van der Waals surface area contributed by atoms with Gasteiger partial charge >= 0.3 is 0 Å². The maximum Gasteiger partial charge on any atom is 0.0346 e. The van der Waals surface area contributed by atoms with Gasteiger partial charge < -0.3 is 5.73 Å². The number of fused-ring (bicyclic) bond motifs is 1. The van der Waals surface area contributed by atoms with Crippen LogP contribution in [0, 0.1) is 3.57 Å². The van der Waals surface area contributed by atoms with E-state index in [1.165, 1.54) is 25.5 Å². The predicted octanol–water partition coefficient (Wildman–Crippen LogP) is 4.69. The van der Waals surface area contributed by atoms with Crippen molar-refractivity contribution in [1.82, 2.24) is 0 Å². The molecule has 0 saturated carbocycles. The fourth-order valence-electron chi connectivity index (χ4n) is 2.59. The van der Waals surface area contributed by atoms with Crippen molar-refractivity contribution in [2.45, 2.75) is 12.5 Å². The molecule has 0 aliphatic heterocycles. The third-order valence-electron chi connectivity index (χ3n) is 3.62. The molecule has 0 fully saturated rings. The van der Waals surface area contributed by atoms with Gasteiger partial charge in [0, 0.05) is 9.61 Å². The summed E-state index contributed by atoms with van der Waals surface area (Å²) in [5.74, 6) is 0. The van der Waals surface area contributed by atoms with Crippen molar-refractivity contribution >= 4 is 33.4 Å². The third-order valence-corrected chi connectivity index (χ3v) is 4.61. The first-order valence-corrected chi connectivity index (χ1v) is 7.80. The second-order valence-corrected chi connectivity index (χ2v) is 6.13. The van der Waals surface area contributed by atoms with E-state index in [2.05, 4.69) is 89.3 Å². The first kappa shape index (κ1) is 13.6. The van der Waals surface area contributed by atoms with E-state index in [1.54, 1.807) is 0 Å². The molecular weight excluding hydrogens is 357 g/mol. The molecule has 0 amide bonds. The van der Waals surface area contributed by atoms with Crippen LogP contribution in [-0.4, -0.2) is 0 Å². The summed E-state index contributed by atoms with van der Waals surface area (Å²) in [6.07, 6.45) is 0.862. The average molecular weight is 373 g/mol. The van der Waals surface area contributed by atoms with E-state index in [9.17, 15) is 0 Å². The number of hydrogen-bond donors (Lipinski definition) is 1. The van der Waals surface area contributed by atoms with Gasteiger partial charge in [0.05, 0.1) is 0 Å². The Hall–Kier alpha value is -1.39. The molecule has 1 atom stereocenters. The zero-order chi connectivity index (χ0) is 13.9. The minimum atomic E-state index is 0.0360. The van der Waals surface area contributed by atoms with Crippen molar-refractivity contribution in [2.24, 2.45) is 5.73 Å². The lowest BCUT2D eigenvalue weighted by molar-refractivity contribution is 0.721. The lowest BCUT2D eigenvalue weighted by Gasteiger charge is -2.15. The summed E-state index contributed by atoms with van der Waals surface area (Å²) in [6.45, 7) is 0. The van der Waals surface area contributed by atoms with Crippen LogP contribution in [0.5, 0.6) is 0 Å². The lowest BCUT2D eigenvalue weighted by Crippen LogP contribution is -2.14. The molecule has 20 heavy (non-hydrogen) atoms. The maximum atomic E-state index is 6.41. The van der Waals surface area contributed by atoms with Crippen LogP contribution < -0.4 is 5.73 Å². The SMILES string of the molecule is NC(Cc1cccc2ccccc12)c1ccccc1I. The van der Waals surface area contributed by atoms with E-state index in [4.69, 9.17) is 5.73 Å². The number of hydrogen-bond acceptors (Lipinski definition) is 1. The van der Waals surface area contributed by atoms with Gasteiger partial charge in [0.1, 0.15) is 0 Å². The topological polar surface area (TPSA) is 26.0 Å².